The Morgan fingerprint density at radius 1 is 1.14 bits per heavy atom. The second kappa shape index (κ2) is 8.71. The maximum Gasteiger partial charge on any atom is 0.434 e. The van der Waals surface area contributed by atoms with Crippen molar-refractivity contribution in [3.63, 3.8) is 0 Å². The number of benzene rings is 1. The zero-order valence-electron chi connectivity index (χ0n) is 15.3. The number of carbonyl (C=O) groups excluding carboxylic acids is 1. The number of alkyl halides is 3. The van der Waals surface area contributed by atoms with E-state index in [1.807, 2.05) is 0 Å². The molecule has 2 N–H and O–H groups in total. The fourth-order valence-electron chi connectivity index (χ4n) is 3.27. The Morgan fingerprint density at radius 2 is 1.86 bits per heavy atom. The number of carbonyl (C=O) groups is 1. The van der Waals surface area contributed by atoms with Crippen LogP contribution in [-0.2, 0) is 6.18 Å². The fraction of sp³-hybridized carbons (Fsp3) is 0.421. The molecule has 2 aromatic rings. The van der Waals surface area contributed by atoms with Gasteiger partial charge in [0.05, 0.1) is 11.3 Å². The second-order valence-electron chi connectivity index (χ2n) is 6.89. The molecule has 0 spiro atoms. The molecule has 1 aromatic heterocycles. The van der Waals surface area contributed by atoms with Crippen molar-refractivity contribution < 1.29 is 26.7 Å². The molecule has 0 radical (unpaired) electrons. The molecule has 5 nitrogen and oxygen atoms in total. The van der Waals surface area contributed by atoms with Crippen LogP contribution in [0.5, 0.6) is 0 Å². The number of aromatic nitrogens is 2. The summed E-state index contributed by atoms with van der Waals surface area (Å²) in [4.78, 5) is 19.3. The molecule has 3 rings (SSSR count). The number of anilines is 2. The highest BCUT2D eigenvalue weighted by Crippen LogP contribution is 2.32. The summed E-state index contributed by atoms with van der Waals surface area (Å²) in [6, 6.07) is 3.17. The van der Waals surface area contributed by atoms with Gasteiger partial charge in [0.15, 0.2) is 17.3 Å². The van der Waals surface area contributed by atoms with E-state index in [-0.39, 0.29) is 12.5 Å². The third-order valence-electron chi connectivity index (χ3n) is 4.78. The van der Waals surface area contributed by atoms with Gasteiger partial charge in [0.1, 0.15) is 0 Å². The number of hydrogen-bond acceptors (Lipinski definition) is 4. The van der Waals surface area contributed by atoms with Gasteiger partial charge in [0, 0.05) is 12.7 Å². The van der Waals surface area contributed by atoms with Crippen LogP contribution in [0.3, 0.4) is 0 Å². The van der Waals surface area contributed by atoms with Crippen LogP contribution in [0.1, 0.15) is 48.2 Å². The number of nitrogens with one attached hydrogen (secondary N) is 2. The minimum absolute atomic E-state index is 0.236. The predicted molar refractivity (Wildman–Crippen MR) is 95.6 cm³/mol. The van der Waals surface area contributed by atoms with E-state index in [2.05, 4.69) is 20.6 Å². The van der Waals surface area contributed by atoms with Gasteiger partial charge in [-0.2, -0.15) is 13.2 Å². The normalized spacial score (nSPS) is 15.2. The summed E-state index contributed by atoms with van der Waals surface area (Å²) in [5.74, 6) is -3.75. The first-order valence-corrected chi connectivity index (χ1v) is 9.19. The van der Waals surface area contributed by atoms with Crippen molar-refractivity contribution in [2.24, 2.45) is 5.92 Å². The summed E-state index contributed by atoms with van der Waals surface area (Å²) in [6.45, 7) is 0.282. The van der Waals surface area contributed by atoms with E-state index in [1.165, 1.54) is 6.07 Å². The van der Waals surface area contributed by atoms with Crippen molar-refractivity contribution in [3.8, 4) is 0 Å². The van der Waals surface area contributed by atoms with Crippen LogP contribution in [0.25, 0.3) is 0 Å². The lowest BCUT2D eigenvalue weighted by atomic mass is 9.89. The van der Waals surface area contributed by atoms with Gasteiger partial charge in [-0.25, -0.2) is 18.7 Å². The van der Waals surface area contributed by atoms with Gasteiger partial charge in [0.25, 0.3) is 5.91 Å². The summed E-state index contributed by atoms with van der Waals surface area (Å²) in [7, 11) is 0. The minimum Gasteiger partial charge on any atom is -0.352 e. The third kappa shape index (κ3) is 5.18. The molecule has 10 heteroatoms. The van der Waals surface area contributed by atoms with E-state index in [0.717, 1.165) is 50.4 Å². The first kappa shape index (κ1) is 20.9. The van der Waals surface area contributed by atoms with Gasteiger partial charge in [0.2, 0.25) is 5.95 Å². The van der Waals surface area contributed by atoms with Crippen LogP contribution in [0.2, 0.25) is 0 Å². The quantitative estimate of drug-likeness (QED) is 0.688. The standard InChI is InChI=1S/C19H19F5N4O/c20-13-7-4-8-14(15(13)21)27-18-26-10-12(16(28-18)19(22,23)24)17(29)25-9-11-5-2-1-3-6-11/h4,7-8,10-11H,1-3,5-6,9H2,(H,25,29)(H,26,27,28). The zero-order chi connectivity index (χ0) is 21.0. The van der Waals surface area contributed by atoms with Gasteiger partial charge in [-0.1, -0.05) is 25.3 Å². The lowest BCUT2D eigenvalue weighted by Gasteiger charge is -2.22. The molecule has 0 atom stereocenters. The van der Waals surface area contributed by atoms with Crippen LogP contribution in [-0.4, -0.2) is 22.4 Å². The molecule has 0 unspecified atom stereocenters. The monoisotopic (exact) mass is 414 g/mol. The number of nitrogens with zero attached hydrogens (tertiary/aromatic N) is 2. The Morgan fingerprint density at radius 3 is 2.55 bits per heavy atom. The molecule has 156 valence electrons. The Kier molecular flexibility index (Phi) is 6.29. The lowest BCUT2D eigenvalue weighted by Crippen LogP contribution is -2.32. The Bertz CT molecular complexity index is 881. The zero-order valence-corrected chi connectivity index (χ0v) is 15.3. The highest BCUT2D eigenvalue weighted by molar-refractivity contribution is 5.95. The fourth-order valence-corrected chi connectivity index (χ4v) is 3.27. The first-order valence-electron chi connectivity index (χ1n) is 9.19. The topological polar surface area (TPSA) is 66.9 Å². The Balaban J connectivity index is 1.80. The van der Waals surface area contributed by atoms with E-state index >= 15 is 0 Å². The van der Waals surface area contributed by atoms with Gasteiger partial charge < -0.3 is 10.6 Å². The molecule has 1 amide bonds. The molecule has 1 heterocycles. The SMILES string of the molecule is O=C(NCC1CCCCC1)c1cnc(Nc2cccc(F)c2F)nc1C(F)(F)F. The molecule has 0 aliphatic heterocycles. The van der Waals surface area contributed by atoms with Crippen LogP contribution in [0.4, 0.5) is 33.6 Å². The maximum atomic E-state index is 13.7. The summed E-state index contributed by atoms with van der Waals surface area (Å²) < 4.78 is 67.3. The summed E-state index contributed by atoms with van der Waals surface area (Å²) >= 11 is 0. The smallest absolute Gasteiger partial charge is 0.352 e. The van der Waals surface area contributed by atoms with E-state index in [0.29, 0.717) is 0 Å². The predicted octanol–water partition coefficient (Wildman–Crippen LogP) is 4.83. The van der Waals surface area contributed by atoms with Crippen molar-refractivity contribution in [2.45, 2.75) is 38.3 Å². The number of amides is 1. The highest BCUT2D eigenvalue weighted by Gasteiger charge is 2.38. The Hall–Kier alpha value is -2.78. The lowest BCUT2D eigenvalue weighted by molar-refractivity contribution is -0.141. The largest absolute Gasteiger partial charge is 0.434 e. The van der Waals surface area contributed by atoms with E-state index < -0.39 is 46.6 Å². The van der Waals surface area contributed by atoms with E-state index in [9.17, 15) is 26.7 Å². The molecule has 1 aliphatic rings. The average molecular weight is 414 g/mol. The minimum atomic E-state index is -4.93. The van der Waals surface area contributed by atoms with E-state index in [4.69, 9.17) is 0 Å². The number of halogens is 5. The van der Waals surface area contributed by atoms with Crippen molar-refractivity contribution in [1.29, 1.82) is 0 Å². The second-order valence-corrected chi connectivity index (χ2v) is 6.89. The van der Waals surface area contributed by atoms with Crippen LogP contribution < -0.4 is 10.6 Å². The molecular formula is C19H19F5N4O. The van der Waals surface area contributed by atoms with Crippen molar-refractivity contribution in [2.75, 3.05) is 11.9 Å². The molecule has 29 heavy (non-hydrogen) atoms. The highest BCUT2D eigenvalue weighted by atomic mass is 19.4. The van der Waals surface area contributed by atoms with Gasteiger partial charge in [-0.15, -0.1) is 0 Å². The molecule has 1 aliphatic carbocycles. The van der Waals surface area contributed by atoms with Crippen molar-refractivity contribution >= 4 is 17.5 Å². The van der Waals surface area contributed by atoms with Crippen molar-refractivity contribution in [1.82, 2.24) is 15.3 Å². The summed E-state index contributed by atoms with van der Waals surface area (Å²) in [5, 5.41) is 4.72. The van der Waals surface area contributed by atoms with Crippen LogP contribution in [0.15, 0.2) is 24.4 Å². The molecular weight excluding hydrogens is 395 g/mol. The van der Waals surface area contributed by atoms with Crippen molar-refractivity contribution in [3.05, 3.63) is 47.3 Å². The molecule has 1 aromatic carbocycles. The average Bonchev–Trinajstić information content (AvgIpc) is 2.70. The summed E-state index contributed by atoms with van der Waals surface area (Å²) in [5.41, 5.74) is -2.60. The third-order valence-corrected chi connectivity index (χ3v) is 4.78. The first-order chi connectivity index (χ1) is 13.8. The Labute approximate surface area is 163 Å². The van der Waals surface area contributed by atoms with Crippen LogP contribution >= 0.6 is 0 Å². The van der Waals surface area contributed by atoms with Gasteiger partial charge in [-0.05, 0) is 30.9 Å². The summed E-state index contributed by atoms with van der Waals surface area (Å²) in [6.07, 6.45) is 0.832. The molecule has 0 bridgehead atoms. The molecule has 1 fully saturated rings. The number of rotatable bonds is 5. The van der Waals surface area contributed by atoms with Gasteiger partial charge >= 0.3 is 6.18 Å². The molecule has 1 saturated carbocycles. The molecule has 0 saturated heterocycles. The van der Waals surface area contributed by atoms with Gasteiger partial charge in [-0.3, -0.25) is 4.79 Å². The maximum absolute atomic E-state index is 13.7. The number of hydrogen-bond donors (Lipinski definition) is 2. The van der Waals surface area contributed by atoms with E-state index in [1.54, 1.807) is 0 Å². The van der Waals surface area contributed by atoms with Crippen LogP contribution in [0, 0.1) is 17.6 Å².